The highest BCUT2D eigenvalue weighted by atomic mass is 19.4. The van der Waals surface area contributed by atoms with Gasteiger partial charge < -0.3 is 10.4 Å². The van der Waals surface area contributed by atoms with Crippen molar-refractivity contribution in [1.29, 1.82) is 0 Å². The van der Waals surface area contributed by atoms with Gasteiger partial charge in [-0.2, -0.15) is 13.2 Å². The summed E-state index contributed by atoms with van der Waals surface area (Å²) in [6.45, 7) is 4.94. The van der Waals surface area contributed by atoms with Gasteiger partial charge in [0.2, 0.25) is 5.91 Å². The molecule has 0 saturated carbocycles. The van der Waals surface area contributed by atoms with E-state index < -0.39 is 42.4 Å². The normalized spacial score (nSPS) is 14.2. The number of hydrogen-bond acceptors (Lipinski definition) is 2. The lowest BCUT2D eigenvalue weighted by Gasteiger charge is -2.30. The monoisotopic (exact) mass is 255 g/mol. The maximum absolute atomic E-state index is 11.9. The first kappa shape index (κ1) is 15.7. The van der Waals surface area contributed by atoms with Gasteiger partial charge in [-0.3, -0.25) is 9.59 Å². The molecular formula is C10H16F3NO3. The summed E-state index contributed by atoms with van der Waals surface area (Å²) in [5.74, 6) is -2.38. The van der Waals surface area contributed by atoms with Gasteiger partial charge in [-0.1, -0.05) is 20.8 Å². The molecule has 4 nitrogen and oxygen atoms in total. The Morgan fingerprint density at radius 2 is 1.71 bits per heavy atom. The standard InChI is InChI=1S/C10H16F3NO3/c1-9(2,3)6(4-8(16)17)14-7(15)5-10(11,12)13/h6H,4-5H2,1-3H3,(H,14,15)(H,16,17). The number of amides is 1. The Kier molecular flexibility index (Phi) is 4.97. The van der Waals surface area contributed by atoms with Gasteiger partial charge in [0.1, 0.15) is 6.42 Å². The fourth-order valence-corrected chi connectivity index (χ4v) is 1.18. The van der Waals surface area contributed by atoms with Crippen molar-refractivity contribution in [2.24, 2.45) is 5.41 Å². The molecule has 0 bridgehead atoms. The van der Waals surface area contributed by atoms with Crippen LogP contribution in [-0.4, -0.2) is 29.2 Å². The molecule has 100 valence electrons. The number of carboxylic acids is 1. The summed E-state index contributed by atoms with van der Waals surface area (Å²) in [5, 5.41) is 10.7. The fraction of sp³-hybridized carbons (Fsp3) is 0.800. The van der Waals surface area contributed by atoms with Gasteiger partial charge in [0, 0.05) is 6.04 Å². The van der Waals surface area contributed by atoms with Crippen LogP contribution < -0.4 is 5.32 Å². The maximum Gasteiger partial charge on any atom is 0.397 e. The molecule has 0 saturated heterocycles. The van der Waals surface area contributed by atoms with Gasteiger partial charge in [-0.25, -0.2) is 0 Å². The number of alkyl halides is 3. The quantitative estimate of drug-likeness (QED) is 0.806. The van der Waals surface area contributed by atoms with Crippen molar-refractivity contribution in [3.63, 3.8) is 0 Å². The number of halogens is 3. The van der Waals surface area contributed by atoms with E-state index in [1.165, 1.54) is 0 Å². The second-order valence-corrected chi connectivity index (χ2v) is 4.88. The van der Waals surface area contributed by atoms with Gasteiger partial charge in [0.15, 0.2) is 0 Å². The number of carbonyl (C=O) groups is 2. The van der Waals surface area contributed by atoms with Gasteiger partial charge in [-0.05, 0) is 5.41 Å². The molecule has 1 unspecified atom stereocenters. The largest absolute Gasteiger partial charge is 0.481 e. The summed E-state index contributed by atoms with van der Waals surface area (Å²) in [6, 6.07) is -0.838. The lowest BCUT2D eigenvalue weighted by atomic mass is 9.84. The van der Waals surface area contributed by atoms with Crippen molar-refractivity contribution < 1.29 is 27.9 Å². The first-order valence-corrected chi connectivity index (χ1v) is 5.00. The van der Waals surface area contributed by atoms with E-state index in [-0.39, 0.29) is 0 Å². The Morgan fingerprint density at radius 1 is 1.24 bits per heavy atom. The Morgan fingerprint density at radius 3 is 2.00 bits per heavy atom. The van der Waals surface area contributed by atoms with Crippen molar-refractivity contribution in [3.05, 3.63) is 0 Å². The third-order valence-electron chi connectivity index (χ3n) is 2.12. The first-order valence-electron chi connectivity index (χ1n) is 5.00. The van der Waals surface area contributed by atoms with Crippen LogP contribution in [-0.2, 0) is 9.59 Å². The van der Waals surface area contributed by atoms with Gasteiger partial charge in [-0.15, -0.1) is 0 Å². The summed E-state index contributed by atoms with van der Waals surface area (Å²) in [5.41, 5.74) is -0.625. The molecule has 0 aromatic carbocycles. The molecule has 0 fully saturated rings. The Balaban J connectivity index is 4.55. The molecule has 7 heteroatoms. The Bertz CT molecular complexity index is 294. The molecule has 1 atom stereocenters. The van der Waals surface area contributed by atoms with Crippen LogP contribution in [0, 0.1) is 5.41 Å². The zero-order valence-corrected chi connectivity index (χ0v) is 9.89. The number of carbonyl (C=O) groups excluding carboxylic acids is 1. The molecule has 0 spiro atoms. The summed E-state index contributed by atoms with van der Waals surface area (Å²) in [6.07, 6.45) is -6.60. The zero-order valence-electron chi connectivity index (χ0n) is 9.89. The van der Waals surface area contributed by atoms with Gasteiger partial charge in [0.05, 0.1) is 6.42 Å². The summed E-state index contributed by atoms with van der Waals surface area (Å²) in [4.78, 5) is 21.6. The van der Waals surface area contributed by atoms with E-state index in [1.807, 2.05) is 0 Å². The second-order valence-electron chi connectivity index (χ2n) is 4.88. The highest BCUT2D eigenvalue weighted by molar-refractivity contribution is 5.78. The molecule has 0 heterocycles. The Labute approximate surface area is 97.2 Å². The molecular weight excluding hydrogens is 239 g/mol. The highest BCUT2D eigenvalue weighted by Crippen LogP contribution is 2.24. The lowest BCUT2D eigenvalue weighted by molar-refractivity contribution is -0.154. The number of carboxylic acid groups (broad SMARTS) is 1. The van der Waals surface area contributed by atoms with Crippen molar-refractivity contribution >= 4 is 11.9 Å². The van der Waals surface area contributed by atoms with E-state index in [2.05, 4.69) is 5.32 Å². The van der Waals surface area contributed by atoms with E-state index >= 15 is 0 Å². The van der Waals surface area contributed by atoms with Crippen molar-refractivity contribution in [2.45, 2.75) is 45.8 Å². The maximum atomic E-state index is 11.9. The summed E-state index contributed by atoms with van der Waals surface area (Å²) < 4.78 is 35.8. The smallest absolute Gasteiger partial charge is 0.397 e. The van der Waals surface area contributed by atoms with E-state index in [0.29, 0.717) is 0 Å². The van der Waals surface area contributed by atoms with E-state index in [0.717, 1.165) is 0 Å². The highest BCUT2D eigenvalue weighted by Gasteiger charge is 2.34. The van der Waals surface area contributed by atoms with E-state index in [4.69, 9.17) is 5.11 Å². The molecule has 0 aliphatic carbocycles. The van der Waals surface area contributed by atoms with Crippen LogP contribution in [0.25, 0.3) is 0 Å². The predicted octanol–water partition coefficient (Wildman–Crippen LogP) is 1.94. The van der Waals surface area contributed by atoms with Crippen LogP contribution in [0.1, 0.15) is 33.6 Å². The zero-order chi connectivity index (χ0) is 13.9. The van der Waals surface area contributed by atoms with Crippen LogP contribution in [0.5, 0.6) is 0 Å². The lowest BCUT2D eigenvalue weighted by Crippen LogP contribution is -2.46. The van der Waals surface area contributed by atoms with Gasteiger partial charge >= 0.3 is 12.1 Å². The molecule has 0 rings (SSSR count). The van der Waals surface area contributed by atoms with Crippen LogP contribution in [0.4, 0.5) is 13.2 Å². The molecule has 0 aliphatic rings. The number of hydrogen-bond donors (Lipinski definition) is 2. The fourth-order valence-electron chi connectivity index (χ4n) is 1.18. The molecule has 0 aromatic rings. The van der Waals surface area contributed by atoms with Crippen molar-refractivity contribution in [1.82, 2.24) is 5.32 Å². The predicted molar refractivity (Wildman–Crippen MR) is 54.3 cm³/mol. The second kappa shape index (κ2) is 5.37. The summed E-state index contributed by atoms with van der Waals surface area (Å²) >= 11 is 0. The molecule has 0 aliphatic heterocycles. The van der Waals surface area contributed by atoms with Crippen LogP contribution >= 0.6 is 0 Å². The number of rotatable bonds is 4. The minimum Gasteiger partial charge on any atom is -0.481 e. The topological polar surface area (TPSA) is 66.4 Å². The van der Waals surface area contributed by atoms with E-state index in [9.17, 15) is 22.8 Å². The van der Waals surface area contributed by atoms with Crippen LogP contribution in [0.2, 0.25) is 0 Å². The van der Waals surface area contributed by atoms with Crippen molar-refractivity contribution in [3.8, 4) is 0 Å². The molecule has 2 N–H and O–H groups in total. The minimum absolute atomic E-state index is 0.410. The third-order valence-corrected chi connectivity index (χ3v) is 2.12. The number of nitrogens with one attached hydrogen (secondary N) is 1. The first-order chi connectivity index (χ1) is 7.42. The van der Waals surface area contributed by atoms with E-state index in [1.54, 1.807) is 20.8 Å². The molecule has 0 aromatic heterocycles. The molecule has 1 amide bonds. The molecule has 17 heavy (non-hydrogen) atoms. The van der Waals surface area contributed by atoms with Gasteiger partial charge in [0.25, 0.3) is 0 Å². The number of aliphatic carboxylic acids is 1. The average molecular weight is 255 g/mol. The van der Waals surface area contributed by atoms with Crippen LogP contribution in [0.3, 0.4) is 0 Å². The summed E-state index contributed by atoms with van der Waals surface area (Å²) in [7, 11) is 0. The average Bonchev–Trinajstić information content (AvgIpc) is 1.95. The SMILES string of the molecule is CC(C)(C)C(CC(=O)O)NC(=O)CC(F)(F)F. The van der Waals surface area contributed by atoms with Crippen molar-refractivity contribution in [2.75, 3.05) is 0 Å². The minimum atomic E-state index is -4.59. The molecule has 0 radical (unpaired) electrons. The van der Waals surface area contributed by atoms with Crippen LogP contribution in [0.15, 0.2) is 0 Å². The third kappa shape index (κ3) is 7.59. The Hall–Kier alpha value is -1.27.